The minimum absolute atomic E-state index is 0. The van der Waals surface area contributed by atoms with Crippen LogP contribution in [0.1, 0.15) is 6.92 Å². The van der Waals surface area contributed by atoms with Gasteiger partial charge in [-0.3, -0.25) is 0 Å². The summed E-state index contributed by atoms with van der Waals surface area (Å²) in [4.78, 5) is 0. The molecule has 0 aromatic rings. The third kappa shape index (κ3) is 190. The van der Waals surface area contributed by atoms with Crippen LogP contribution in [0.2, 0.25) is 0 Å². The first kappa shape index (κ1) is 9.08. The Kier molecular flexibility index (Phi) is 29.1. The van der Waals surface area contributed by atoms with Gasteiger partial charge in [-0.2, -0.15) is 0 Å². The minimum atomic E-state index is 0. The summed E-state index contributed by atoms with van der Waals surface area (Å²) in [6.45, 7) is 5.25. The molecule has 0 rings (SSSR count). The quantitative estimate of drug-likeness (QED) is 0.275. The molecule has 0 radical (unpaired) electrons. The van der Waals surface area contributed by atoms with Crippen LogP contribution in [0.4, 0.5) is 0 Å². The van der Waals surface area contributed by atoms with Gasteiger partial charge in [0.1, 0.15) is 0 Å². The Morgan fingerprint density at radius 3 is 1.75 bits per heavy atom. The van der Waals surface area contributed by atoms with Crippen molar-refractivity contribution in [3.8, 4) is 0 Å². The van der Waals surface area contributed by atoms with E-state index in [9.17, 15) is 0 Å². The van der Waals surface area contributed by atoms with Gasteiger partial charge in [-0.25, -0.2) is 0 Å². The van der Waals surface area contributed by atoms with E-state index in [1.807, 2.05) is 6.92 Å². The van der Waals surface area contributed by atoms with E-state index < -0.39 is 0 Å². The zero-order valence-electron chi connectivity index (χ0n) is 2.28. The monoisotopic (exact) mass is 53.1 g/mol. The normalized spacial score (nSPS) is 3.25. The molecule has 0 spiro atoms. The summed E-state index contributed by atoms with van der Waals surface area (Å²) in [5, 5.41) is 0. The molecule has 0 heterocycles. The van der Waals surface area contributed by atoms with Crippen LogP contribution in [0.25, 0.3) is 0 Å². The fraction of sp³-hybridized carbons (Fsp3) is 0.333. The Bertz CT molecular complexity index is 10.8. The Morgan fingerprint density at radius 2 is 1.75 bits per heavy atom. The summed E-state index contributed by atoms with van der Waals surface area (Å²) in [6.07, 6.45) is 1.75. The van der Waals surface area contributed by atoms with Crippen LogP contribution in [-0.2, 0) is 0 Å². The van der Waals surface area contributed by atoms with E-state index in [2.05, 4.69) is 6.58 Å². The van der Waals surface area contributed by atoms with E-state index in [-0.39, 0.29) is 10.1 Å². The zero-order valence-corrected chi connectivity index (χ0v) is 2.28. The average Bonchev–Trinajstić information content (AvgIpc) is 0.918. The molecule has 0 fully saturated rings. The topological polar surface area (TPSA) is 0 Å². The molecule has 1 heteroatoms. The molecule has 4 heavy (non-hydrogen) atoms. The summed E-state index contributed by atoms with van der Waals surface area (Å²) < 4.78 is 0. The van der Waals surface area contributed by atoms with Gasteiger partial charge in [0.2, 0.25) is 0 Å². The predicted octanol–water partition coefficient (Wildman–Crippen LogP) is 0.276. The second kappa shape index (κ2) is 12.8. The van der Waals surface area contributed by atoms with Crippen LogP contribution in [0.15, 0.2) is 12.7 Å². The molecule has 0 aliphatic heterocycles. The van der Waals surface area contributed by atoms with E-state index in [4.69, 9.17) is 0 Å². The van der Waals surface area contributed by atoms with Crippen LogP contribution in [-0.4, -0.2) is 10.1 Å². The fourth-order valence-electron chi connectivity index (χ4n) is 0. The van der Waals surface area contributed by atoms with E-state index in [0.29, 0.717) is 0 Å². The molecule has 0 saturated heterocycles. The summed E-state index contributed by atoms with van der Waals surface area (Å²) in [7, 11) is 0. The van der Waals surface area contributed by atoms with Gasteiger partial charge in [0, 0.05) is 0 Å². The maximum absolute atomic E-state index is 3.36. The van der Waals surface area contributed by atoms with Crippen molar-refractivity contribution in [1.82, 2.24) is 0 Å². The van der Waals surface area contributed by atoms with Crippen molar-refractivity contribution in [2.24, 2.45) is 0 Å². The summed E-state index contributed by atoms with van der Waals surface area (Å²) in [5.41, 5.74) is 0. The summed E-state index contributed by atoms with van der Waals surface area (Å²) in [5.74, 6) is 0. The molecule has 0 N–H and O–H groups in total. The Morgan fingerprint density at radius 1 is 1.75 bits per heavy atom. The molecule has 0 unspecified atom stereocenters. The Hall–Kier alpha value is -0.0912. The molecule has 0 aliphatic rings. The molecule has 0 aliphatic carbocycles. The van der Waals surface area contributed by atoms with Crippen LogP contribution in [0.5, 0.6) is 0 Å². The Balaban J connectivity index is 0. The molecule has 0 aromatic carbocycles. The molecule has 0 saturated carbocycles. The van der Waals surface area contributed by atoms with Gasteiger partial charge < -0.3 is 0 Å². The SMILES string of the molecule is C=CC.[BeH2]. The first-order chi connectivity index (χ1) is 1.41. The molecule has 22 valence electrons. The van der Waals surface area contributed by atoms with Gasteiger partial charge in [-0.05, 0) is 6.92 Å². The van der Waals surface area contributed by atoms with Crippen molar-refractivity contribution < 1.29 is 0 Å². The van der Waals surface area contributed by atoms with Crippen LogP contribution in [0.3, 0.4) is 0 Å². The first-order valence-corrected chi connectivity index (χ1v) is 0.986. The van der Waals surface area contributed by atoms with E-state index >= 15 is 0 Å². The third-order valence-electron chi connectivity index (χ3n) is 0. The van der Waals surface area contributed by atoms with Gasteiger partial charge in [0.15, 0.2) is 0 Å². The van der Waals surface area contributed by atoms with Crippen molar-refractivity contribution in [2.45, 2.75) is 6.92 Å². The van der Waals surface area contributed by atoms with Crippen LogP contribution < -0.4 is 0 Å². The predicted molar refractivity (Wildman–Crippen MR) is 24.4 cm³/mol. The average molecular weight is 53.1 g/mol. The molecule has 0 aromatic heterocycles. The second-order valence-electron chi connectivity index (χ2n) is 0.408. The van der Waals surface area contributed by atoms with Gasteiger partial charge in [0.05, 0.1) is 0 Å². The molecule has 0 nitrogen and oxygen atoms in total. The molecule has 0 atom stereocenters. The van der Waals surface area contributed by atoms with Gasteiger partial charge >= 0.3 is 10.1 Å². The summed E-state index contributed by atoms with van der Waals surface area (Å²) in [6, 6.07) is 0. The van der Waals surface area contributed by atoms with E-state index in [1.54, 1.807) is 6.08 Å². The third-order valence-corrected chi connectivity index (χ3v) is 0. The Labute approximate surface area is 30.7 Å². The van der Waals surface area contributed by atoms with Crippen molar-refractivity contribution in [2.75, 3.05) is 0 Å². The van der Waals surface area contributed by atoms with Gasteiger partial charge in [0.25, 0.3) is 0 Å². The maximum atomic E-state index is 3.36. The van der Waals surface area contributed by atoms with Crippen molar-refractivity contribution in [3.63, 3.8) is 0 Å². The van der Waals surface area contributed by atoms with Crippen molar-refractivity contribution in [3.05, 3.63) is 12.7 Å². The second-order valence-corrected chi connectivity index (χ2v) is 0.408. The number of rotatable bonds is 0. The molecular weight excluding hydrogens is 45.0 g/mol. The fourth-order valence-corrected chi connectivity index (χ4v) is 0. The number of hydrogen-bond donors (Lipinski definition) is 0. The van der Waals surface area contributed by atoms with Gasteiger partial charge in [-0.15, -0.1) is 6.58 Å². The van der Waals surface area contributed by atoms with Crippen LogP contribution in [0, 0.1) is 0 Å². The number of allylic oxidation sites excluding steroid dienone is 1. The zero-order chi connectivity index (χ0) is 2.71. The van der Waals surface area contributed by atoms with E-state index in [1.165, 1.54) is 0 Å². The molecule has 0 bridgehead atoms. The van der Waals surface area contributed by atoms with Crippen molar-refractivity contribution >= 4 is 10.1 Å². The van der Waals surface area contributed by atoms with Crippen LogP contribution >= 0.6 is 0 Å². The number of hydrogen-bond acceptors (Lipinski definition) is 0. The summed E-state index contributed by atoms with van der Waals surface area (Å²) >= 11 is 0. The van der Waals surface area contributed by atoms with E-state index in [0.717, 1.165) is 0 Å². The first-order valence-electron chi connectivity index (χ1n) is 0.986. The van der Waals surface area contributed by atoms with Gasteiger partial charge in [-0.1, -0.05) is 6.08 Å². The molecular formula is C3H8Be. The molecule has 0 amide bonds. The standard InChI is InChI=1S/C3H6.Be.2H/c1-3-2;;;/h3H,1H2,2H3;;;. The van der Waals surface area contributed by atoms with Crippen molar-refractivity contribution in [1.29, 1.82) is 0 Å².